The van der Waals surface area contributed by atoms with Gasteiger partial charge in [0.25, 0.3) is 0 Å². The van der Waals surface area contributed by atoms with Gasteiger partial charge in [0.15, 0.2) is 0 Å². The number of aryl methyl sites for hydroxylation is 1. The second kappa shape index (κ2) is 5.31. The Morgan fingerprint density at radius 1 is 1.26 bits per heavy atom. The largest absolute Gasteiger partial charge is 0.330 e. The van der Waals surface area contributed by atoms with Gasteiger partial charge < -0.3 is 14.8 Å². The first kappa shape index (κ1) is 14.0. The molecule has 2 rings (SSSR count). The Kier molecular flexibility index (Phi) is 3.92. The van der Waals surface area contributed by atoms with Crippen LogP contribution in [-0.4, -0.2) is 40.6 Å². The summed E-state index contributed by atoms with van der Waals surface area (Å²) in [5, 5.41) is 3.50. The fourth-order valence-electron chi connectivity index (χ4n) is 1.99. The minimum Gasteiger partial charge on any atom is -0.330 e. The Morgan fingerprint density at radius 3 is 2.58 bits per heavy atom. The van der Waals surface area contributed by atoms with E-state index in [4.69, 9.17) is 0 Å². The van der Waals surface area contributed by atoms with E-state index in [1.54, 1.807) is 0 Å². The van der Waals surface area contributed by atoms with Crippen molar-refractivity contribution in [2.45, 2.75) is 25.9 Å². The van der Waals surface area contributed by atoms with Gasteiger partial charge in [-0.05, 0) is 40.1 Å². The summed E-state index contributed by atoms with van der Waals surface area (Å²) in [5.41, 5.74) is 2.39. The second-order valence-electron chi connectivity index (χ2n) is 5.89. The molecule has 0 aliphatic rings. The van der Waals surface area contributed by atoms with Crippen molar-refractivity contribution in [3.05, 3.63) is 30.1 Å². The van der Waals surface area contributed by atoms with E-state index in [1.165, 1.54) is 5.52 Å². The number of para-hydroxylation sites is 2. The molecular formula is C15H24N4. The lowest BCUT2D eigenvalue weighted by Crippen LogP contribution is -2.46. The number of fused-ring (bicyclic) bond motifs is 1. The van der Waals surface area contributed by atoms with Gasteiger partial charge in [-0.2, -0.15) is 0 Å². The van der Waals surface area contributed by atoms with Gasteiger partial charge in [0.1, 0.15) is 5.82 Å². The van der Waals surface area contributed by atoms with Crippen molar-refractivity contribution in [3.63, 3.8) is 0 Å². The zero-order valence-corrected chi connectivity index (χ0v) is 12.6. The maximum atomic E-state index is 4.66. The summed E-state index contributed by atoms with van der Waals surface area (Å²) >= 11 is 0. The molecule has 1 aromatic carbocycles. The molecule has 0 amide bonds. The number of aromatic nitrogens is 2. The molecule has 0 fully saturated rings. The number of hydrogen-bond donors (Lipinski definition) is 1. The molecule has 0 saturated heterocycles. The number of hydrogen-bond acceptors (Lipinski definition) is 3. The molecule has 2 aromatic rings. The molecule has 1 heterocycles. The Morgan fingerprint density at radius 2 is 1.95 bits per heavy atom. The van der Waals surface area contributed by atoms with E-state index >= 15 is 0 Å². The predicted octanol–water partition coefficient (Wildman–Crippen LogP) is 2.00. The summed E-state index contributed by atoms with van der Waals surface area (Å²) in [4.78, 5) is 6.89. The standard InChI is InChI=1S/C15H24N4/c1-15(2,18(3)4)11-16-10-14-17-12-8-6-7-9-13(12)19(14)5/h6-9,16H,10-11H2,1-5H3. The van der Waals surface area contributed by atoms with Gasteiger partial charge in [-0.3, -0.25) is 0 Å². The van der Waals surface area contributed by atoms with Gasteiger partial charge >= 0.3 is 0 Å². The quantitative estimate of drug-likeness (QED) is 0.892. The van der Waals surface area contributed by atoms with Crippen molar-refractivity contribution in [3.8, 4) is 0 Å². The van der Waals surface area contributed by atoms with Crippen LogP contribution in [0.25, 0.3) is 11.0 Å². The molecule has 1 N–H and O–H groups in total. The van der Waals surface area contributed by atoms with E-state index in [-0.39, 0.29) is 5.54 Å². The molecule has 0 unspecified atom stereocenters. The highest BCUT2D eigenvalue weighted by molar-refractivity contribution is 5.75. The van der Waals surface area contributed by atoms with Crippen LogP contribution in [0, 0.1) is 0 Å². The molecule has 0 bridgehead atoms. The highest BCUT2D eigenvalue weighted by Crippen LogP contribution is 2.14. The number of benzene rings is 1. The Bertz CT molecular complexity index is 554. The smallest absolute Gasteiger partial charge is 0.123 e. The zero-order chi connectivity index (χ0) is 14.0. The van der Waals surface area contributed by atoms with Gasteiger partial charge in [0.2, 0.25) is 0 Å². The monoisotopic (exact) mass is 260 g/mol. The van der Waals surface area contributed by atoms with Crippen LogP contribution >= 0.6 is 0 Å². The van der Waals surface area contributed by atoms with E-state index in [2.05, 4.69) is 73.0 Å². The van der Waals surface area contributed by atoms with Crippen molar-refractivity contribution in [2.24, 2.45) is 7.05 Å². The highest BCUT2D eigenvalue weighted by atomic mass is 15.2. The molecule has 0 radical (unpaired) electrons. The van der Waals surface area contributed by atoms with Crippen molar-refractivity contribution >= 4 is 11.0 Å². The summed E-state index contributed by atoms with van der Waals surface area (Å²) < 4.78 is 2.16. The number of rotatable bonds is 5. The minimum atomic E-state index is 0.143. The van der Waals surface area contributed by atoms with E-state index < -0.39 is 0 Å². The van der Waals surface area contributed by atoms with Crippen LogP contribution in [0.1, 0.15) is 19.7 Å². The van der Waals surface area contributed by atoms with Gasteiger partial charge in [0, 0.05) is 19.1 Å². The maximum Gasteiger partial charge on any atom is 0.123 e. The third kappa shape index (κ3) is 2.96. The van der Waals surface area contributed by atoms with E-state index in [1.807, 2.05) is 6.07 Å². The first-order valence-electron chi connectivity index (χ1n) is 6.70. The van der Waals surface area contributed by atoms with Crippen LogP contribution in [0.3, 0.4) is 0 Å². The molecule has 0 aliphatic carbocycles. The van der Waals surface area contributed by atoms with Crippen molar-refractivity contribution in [2.75, 3.05) is 20.6 Å². The molecular weight excluding hydrogens is 236 g/mol. The number of imidazole rings is 1. The number of nitrogens with zero attached hydrogens (tertiary/aromatic N) is 3. The number of likely N-dealkylation sites (N-methyl/N-ethyl adjacent to an activating group) is 1. The van der Waals surface area contributed by atoms with Gasteiger partial charge in [-0.1, -0.05) is 12.1 Å². The highest BCUT2D eigenvalue weighted by Gasteiger charge is 2.19. The molecule has 1 aromatic heterocycles. The average Bonchev–Trinajstić information content (AvgIpc) is 2.67. The van der Waals surface area contributed by atoms with Gasteiger partial charge in [-0.15, -0.1) is 0 Å². The first-order valence-corrected chi connectivity index (χ1v) is 6.70. The van der Waals surface area contributed by atoms with Crippen LogP contribution in [0.4, 0.5) is 0 Å². The third-order valence-corrected chi connectivity index (χ3v) is 3.93. The van der Waals surface area contributed by atoms with Crippen LogP contribution in [0.2, 0.25) is 0 Å². The fraction of sp³-hybridized carbons (Fsp3) is 0.533. The lowest BCUT2D eigenvalue weighted by molar-refractivity contribution is 0.189. The van der Waals surface area contributed by atoms with E-state index in [0.717, 1.165) is 24.4 Å². The Hall–Kier alpha value is -1.39. The molecule has 0 aliphatic heterocycles. The summed E-state index contributed by atoms with van der Waals surface area (Å²) in [6.07, 6.45) is 0. The summed E-state index contributed by atoms with van der Waals surface area (Å²) in [6.45, 7) is 6.19. The van der Waals surface area contributed by atoms with Crippen LogP contribution in [-0.2, 0) is 13.6 Å². The molecule has 4 heteroatoms. The Balaban J connectivity index is 2.04. The predicted molar refractivity (Wildman–Crippen MR) is 80.2 cm³/mol. The molecule has 4 nitrogen and oxygen atoms in total. The minimum absolute atomic E-state index is 0.143. The first-order chi connectivity index (χ1) is 8.92. The molecule has 19 heavy (non-hydrogen) atoms. The summed E-state index contributed by atoms with van der Waals surface area (Å²) in [6, 6.07) is 8.25. The van der Waals surface area contributed by atoms with E-state index in [9.17, 15) is 0 Å². The lowest BCUT2D eigenvalue weighted by atomic mass is 10.0. The topological polar surface area (TPSA) is 33.1 Å². The molecule has 0 atom stereocenters. The molecule has 0 saturated carbocycles. The molecule has 104 valence electrons. The molecule has 0 spiro atoms. The second-order valence-corrected chi connectivity index (χ2v) is 5.89. The normalized spacial score (nSPS) is 12.5. The lowest BCUT2D eigenvalue weighted by Gasteiger charge is -2.32. The van der Waals surface area contributed by atoms with E-state index in [0.29, 0.717) is 0 Å². The van der Waals surface area contributed by atoms with Gasteiger partial charge in [0.05, 0.1) is 17.6 Å². The van der Waals surface area contributed by atoms with Crippen molar-refractivity contribution in [1.82, 2.24) is 19.8 Å². The average molecular weight is 260 g/mol. The van der Waals surface area contributed by atoms with Crippen LogP contribution < -0.4 is 5.32 Å². The third-order valence-electron chi connectivity index (χ3n) is 3.93. The SMILES string of the molecule is CN(C)C(C)(C)CNCc1nc2ccccc2n1C. The fourth-order valence-corrected chi connectivity index (χ4v) is 1.99. The Labute approximate surface area is 115 Å². The van der Waals surface area contributed by atoms with Crippen LogP contribution in [0.15, 0.2) is 24.3 Å². The maximum absolute atomic E-state index is 4.66. The number of nitrogens with one attached hydrogen (secondary N) is 1. The van der Waals surface area contributed by atoms with Gasteiger partial charge in [-0.25, -0.2) is 4.98 Å². The van der Waals surface area contributed by atoms with Crippen molar-refractivity contribution in [1.29, 1.82) is 0 Å². The zero-order valence-electron chi connectivity index (χ0n) is 12.6. The van der Waals surface area contributed by atoms with Crippen molar-refractivity contribution < 1.29 is 0 Å². The summed E-state index contributed by atoms with van der Waals surface area (Å²) in [5.74, 6) is 1.08. The summed E-state index contributed by atoms with van der Waals surface area (Å²) in [7, 11) is 6.29. The van der Waals surface area contributed by atoms with Crippen LogP contribution in [0.5, 0.6) is 0 Å².